The number of nitrogens with one attached hydrogen (secondary N) is 2. The number of amides is 2. The number of hydrogen-bond donors (Lipinski definition) is 4. The molecule has 5 unspecified atom stereocenters. The number of Topliss-reactive ketones (excluding diaryl/α,β-unsaturated/α-hetero) is 1. The van der Waals surface area contributed by atoms with Gasteiger partial charge in [-0.25, -0.2) is 4.79 Å². The van der Waals surface area contributed by atoms with Gasteiger partial charge in [-0.1, -0.05) is 68.7 Å². The predicted molar refractivity (Wildman–Crippen MR) is 176 cm³/mol. The second kappa shape index (κ2) is 18.3. The summed E-state index contributed by atoms with van der Waals surface area (Å²) in [6.45, 7) is 5.05. The summed E-state index contributed by atoms with van der Waals surface area (Å²) in [4.78, 5) is 63.5. The van der Waals surface area contributed by atoms with E-state index < -0.39 is 59.5 Å². The van der Waals surface area contributed by atoms with E-state index in [4.69, 9.17) is 9.47 Å². The molecule has 1 heterocycles. The summed E-state index contributed by atoms with van der Waals surface area (Å²) in [5, 5.41) is 27.3. The molecule has 256 valence electrons. The Kier molecular flexibility index (Phi) is 14.6. The summed E-state index contributed by atoms with van der Waals surface area (Å²) in [7, 11) is 1.44. The lowest BCUT2D eigenvalue weighted by Crippen LogP contribution is -2.45. The fourth-order valence-electron chi connectivity index (χ4n) is 5.79. The third-order valence-corrected chi connectivity index (χ3v) is 8.81. The van der Waals surface area contributed by atoms with E-state index in [1.165, 1.54) is 7.11 Å². The van der Waals surface area contributed by atoms with Crippen LogP contribution in [0.3, 0.4) is 0 Å². The number of fused-ring (bicyclic) bond motifs is 1. The van der Waals surface area contributed by atoms with Crippen molar-refractivity contribution in [2.45, 2.75) is 103 Å². The number of esters is 1. The highest BCUT2D eigenvalue weighted by atomic mass is 16.5. The SMILES string of the molecule is COC1C=CC=CC=CCC(OC(=O)C(C)NC(=O)C2CCCCC2)C(C)C(O)C(C)=CCCC2=C(O)C(=CC(=O)C2=O)NC(=O)C1. The first-order valence-corrected chi connectivity index (χ1v) is 16.3. The molecule has 0 saturated heterocycles. The van der Waals surface area contributed by atoms with Crippen LogP contribution < -0.4 is 10.6 Å². The topological polar surface area (TPSA) is 168 Å². The average molecular weight is 653 g/mol. The molecule has 1 fully saturated rings. The Morgan fingerprint density at radius 3 is 2.47 bits per heavy atom. The Hall–Kier alpha value is -4.09. The molecular formula is C36H48N2O9. The molecule has 0 radical (unpaired) electrons. The minimum absolute atomic E-state index is 0.0173. The molecule has 5 atom stereocenters. The van der Waals surface area contributed by atoms with Crippen LogP contribution in [0.25, 0.3) is 0 Å². The van der Waals surface area contributed by atoms with E-state index in [1.807, 2.05) is 6.08 Å². The number of ketones is 2. The smallest absolute Gasteiger partial charge is 0.328 e. The molecule has 11 nitrogen and oxygen atoms in total. The summed E-state index contributed by atoms with van der Waals surface area (Å²) in [6, 6.07) is -0.865. The van der Waals surface area contributed by atoms with Crippen LogP contribution in [0.2, 0.25) is 0 Å². The normalized spacial score (nSPS) is 26.4. The van der Waals surface area contributed by atoms with Crippen molar-refractivity contribution in [3.05, 3.63) is 71.2 Å². The maximum Gasteiger partial charge on any atom is 0.328 e. The first-order chi connectivity index (χ1) is 22.4. The van der Waals surface area contributed by atoms with Crippen molar-refractivity contribution in [3.8, 4) is 0 Å². The molecule has 0 aromatic rings. The second-order valence-electron chi connectivity index (χ2n) is 12.4. The molecule has 0 aromatic carbocycles. The monoisotopic (exact) mass is 652 g/mol. The molecule has 3 aliphatic rings. The summed E-state index contributed by atoms with van der Waals surface area (Å²) in [5.41, 5.74) is 0.244. The van der Waals surface area contributed by atoms with E-state index in [0.29, 0.717) is 5.57 Å². The zero-order valence-corrected chi connectivity index (χ0v) is 27.7. The highest BCUT2D eigenvalue weighted by molar-refractivity contribution is 6.48. The van der Waals surface area contributed by atoms with Gasteiger partial charge in [-0.05, 0) is 45.1 Å². The zero-order valence-electron chi connectivity index (χ0n) is 27.7. The van der Waals surface area contributed by atoms with Gasteiger partial charge in [0.15, 0.2) is 0 Å². The highest BCUT2D eigenvalue weighted by Crippen LogP contribution is 2.26. The lowest BCUT2D eigenvalue weighted by molar-refractivity contribution is -0.156. The van der Waals surface area contributed by atoms with Crippen LogP contribution in [-0.2, 0) is 33.4 Å². The number of aliphatic hydroxyl groups is 2. The lowest BCUT2D eigenvalue weighted by atomic mass is 9.88. The number of methoxy groups -OCH3 is 1. The predicted octanol–water partition coefficient (Wildman–Crippen LogP) is 4.15. The van der Waals surface area contributed by atoms with Gasteiger partial charge in [0.25, 0.3) is 0 Å². The van der Waals surface area contributed by atoms with Crippen LogP contribution in [0.5, 0.6) is 0 Å². The highest BCUT2D eigenvalue weighted by Gasteiger charge is 2.32. The number of allylic oxidation sites excluding steroid dienone is 7. The second-order valence-corrected chi connectivity index (χ2v) is 12.4. The lowest BCUT2D eigenvalue weighted by Gasteiger charge is -2.29. The van der Waals surface area contributed by atoms with E-state index in [1.54, 1.807) is 57.2 Å². The summed E-state index contributed by atoms with van der Waals surface area (Å²) in [6.07, 6.45) is 15.7. The summed E-state index contributed by atoms with van der Waals surface area (Å²) < 4.78 is 11.2. The largest absolute Gasteiger partial charge is 0.505 e. The number of carbonyl (C=O) groups is 5. The van der Waals surface area contributed by atoms with E-state index in [2.05, 4.69) is 10.6 Å². The Morgan fingerprint density at radius 1 is 1.06 bits per heavy atom. The zero-order chi connectivity index (χ0) is 34.5. The molecule has 0 aromatic heterocycles. The van der Waals surface area contributed by atoms with Crippen molar-refractivity contribution in [1.82, 2.24) is 10.6 Å². The van der Waals surface area contributed by atoms with Gasteiger partial charge < -0.3 is 30.3 Å². The van der Waals surface area contributed by atoms with Crippen molar-refractivity contribution in [1.29, 1.82) is 0 Å². The maximum atomic E-state index is 13.1. The molecule has 4 N–H and O–H groups in total. The van der Waals surface area contributed by atoms with Crippen LogP contribution >= 0.6 is 0 Å². The molecule has 11 heteroatoms. The fraction of sp³-hybridized carbons (Fsp3) is 0.528. The van der Waals surface area contributed by atoms with E-state index in [-0.39, 0.29) is 48.8 Å². The average Bonchev–Trinajstić information content (AvgIpc) is 3.06. The summed E-state index contributed by atoms with van der Waals surface area (Å²) >= 11 is 0. The number of carbonyl (C=O) groups excluding carboxylic acids is 5. The first-order valence-electron chi connectivity index (χ1n) is 16.3. The Balaban J connectivity index is 1.83. The van der Waals surface area contributed by atoms with Crippen LogP contribution in [0.15, 0.2) is 71.2 Å². The van der Waals surface area contributed by atoms with Crippen LogP contribution in [-0.4, -0.2) is 71.0 Å². The van der Waals surface area contributed by atoms with Gasteiger partial charge in [0.2, 0.25) is 23.4 Å². The first kappa shape index (κ1) is 37.4. The van der Waals surface area contributed by atoms with Crippen molar-refractivity contribution in [2.24, 2.45) is 11.8 Å². The molecule has 47 heavy (non-hydrogen) atoms. The van der Waals surface area contributed by atoms with Crippen molar-refractivity contribution in [2.75, 3.05) is 7.11 Å². The van der Waals surface area contributed by atoms with Crippen molar-refractivity contribution < 1.29 is 43.7 Å². The Morgan fingerprint density at radius 2 is 1.77 bits per heavy atom. The number of aliphatic hydroxyl groups excluding tert-OH is 2. The molecular weight excluding hydrogens is 604 g/mol. The standard InChI is InChI=1S/C36H48N2O9/c1-22-14-13-18-27-33(42)28(21-29(39)34(27)43)38-31(40)20-26(46-4)17-11-6-5-7-12-19-30(23(2)32(22)41)47-36(45)24(3)37-35(44)25-15-9-8-10-16-25/h5-7,11-12,14,17,21,23-26,30,32,41-42H,8-10,13,15-16,18-20H2,1-4H3,(H,37,44)(H,38,40). The maximum absolute atomic E-state index is 13.1. The molecule has 0 spiro atoms. The van der Waals surface area contributed by atoms with Crippen LogP contribution in [0.1, 0.15) is 78.6 Å². The molecule has 1 saturated carbocycles. The molecule has 2 bridgehead atoms. The third-order valence-electron chi connectivity index (χ3n) is 8.81. The van der Waals surface area contributed by atoms with Crippen molar-refractivity contribution in [3.63, 3.8) is 0 Å². The minimum atomic E-state index is -1.03. The quantitative estimate of drug-likeness (QED) is 0.148. The minimum Gasteiger partial charge on any atom is -0.505 e. The van der Waals surface area contributed by atoms with Gasteiger partial charge in [0.1, 0.15) is 17.9 Å². The fourth-order valence-corrected chi connectivity index (χ4v) is 5.79. The number of ether oxygens (including phenoxy) is 2. The van der Waals surface area contributed by atoms with Gasteiger partial charge in [0.05, 0.1) is 24.3 Å². The van der Waals surface area contributed by atoms with Crippen molar-refractivity contribution >= 4 is 29.4 Å². The van der Waals surface area contributed by atoms with Gasteiger partial charge in [-0.3, -0.25) is 19.2 Å². The molecule has 1 aliphatic heterocycles. The molecule has 2 aliphatic carbocycles. The summed E-state index contributed by atoms with van der Waals surface area (Å²) in [5.74, 6) is -4.15. The third kappa shape index (κ3) is 11.0. The number of hydrogen-bond acceptors (Lipinski definition) is 9. The Bertz CT molecular complexity index is 1360. The van der Waals surface area contributed by atoms with Crippen LogP contribution in [0, 0.1) is 11.8 Å². The Labute approximate surface area is 276 Å². The van der Waals surface area contributed by atoms with Gasteiger partial charge in [-0.15, -0.1) is 0 Å². The van der Waals surface area contributed by atoms with E-state index >= 15 is 0 Å². The van der Waals surface area contributed by atoms with Crippen LogP contribution in [0.4, 0.5) is 0 Å². The van der Waals surface area contributed by atoms with Gasteiger partial charge in [-0.2, -0.15) is 0 Å². The van der Waals surface area contributed by atoms with Gasteiger partial charge in [0, 0.05) is 37.0 Å². The molecule has 3 rings (SSSR count). The van der Waals surface area contributed by atoms with E-state index in [9.17, 15) is 34.2 Å². The van der Waals surface area contributed by atoms with E-state index in [0.717, 1.165) is 38.2 Å². The molecule has 2 amide bonds. The number of rotatable bonds is 5. The van der Waals surface area contributed by atoms with Gasteiger partial charge >= 0.3 is 5.97 Å².